The van der Waals surface area contributed by atoms with E-state index in [1.54, 1.807) is 13.2 Å². The highest BCUT2D eigenvalue weighted by Gasteiger charge is 2.29. The van der Waals surface area contributed by atoms with Gasteiger partial charge in [0.15, 0.2) is 0 Å². The molecule has 1 aromatic heterocycles. The normalized spacial score (nSPS) is 15.6. The summed E-state index contributed by atoms with van der Waals surface area (Å²) in [7, 11) is 1.58. The van der Waals surface area contributed by atoms with Crippen LogP contribution in [-0.2, 0) is 11.3 Å². The Hall–Kier alpha value is -1.50. The first-order chi connectivity index (χ1) is 12.2. The number of carbonyl (C=O) groups excluding carboxylic acids is 1. The van der Waals surface area contributed by atoms with E-state index >= 15 is 0 Å². The number of amides is 1. The molecular weight excluding hydrogens is 339 g/mol. The summed E-state index contributed by atoms with van der Waals surface area (Å²) in [5, 5.41) is 3.87. The fourth-order valence-corrected chi connectivity index (χ4v) is 4.74. The van der Waals surface area contributed by atoms with Gasteiger partial charge in [0.25, 0.3) is 5.91 Å². The van der Waals surface area contributed by atoms with Gasteiger partial charge in [0, 0.05) is 35.3 Å². The lowest BCUT2D eigenvalue weighted by Gasteiger charge is -2.34. The van der Waals surface area contributed by atoms with E-state index in [0.29, 0.717) is 15.8 Å². The Bertz CT molecular complexity index is 740. The van der Waals surface area contributed by atoms with Crippen molar-refractivity contribution in [1.82, 2.24) is 10.2 Å². The SMILES string of the molecule is CCCN(C(=O)c1sc2cccc(F)c2c1COC)C1CCNCC1. The summed E-state index contributed by atoms with van der Waals surface area (Å²) in [4.78, 5) is 16.0. The van der Waals surface area contributed by atoms with Crippen LogP contribution in [0.2, 0.25) is 0 Å². The summed E-state index contributed by atoms with van der Waals surface area (Å²) in [6.45, 7) is 4.93. The lowest BCUT2D eigenvalue weighted by molar-refractivity contribution is 0.0644. The molecule has 1 aromatic carbocycles. The predicted molar refractivity (Wildman–Crippen MR) is 99.7 cm³/mol. The lowest BCUT2D eigenvalue weighted by atomic mass is 10.0. The van der Waals surface area contributed by atoms with Crippen molar-refractivity contribution in [3.8, 4) is 0 Å². The van der Waals surface area contributed by atoms with E-state index in [1.807, 2.05) is 11.0 Å². The fourth-order valence-electron chi connectivity index (χ4n) is 3.56. The Balaban J connectivity index is 2.01. The highest BCUT2D eigenvalue weighted by atomic mass is 32.1. The van der Waals surface area contributed by atoms with E-state index in [-0.39, 0.29) is 24.4 Å². The highest BCUT2D eigenvalue weighted by Crippen LogP contribution is 2.35. The van der Waals surface area contributed by atoms with Crippen molar-refractivity contribution in [2.75, 3.05) is 26.7 Å². The number of nitrogens with zero attached hydrogens (tertiary/aromatic N) is 1. The van der Waals surface area contributed by atoms with Crippen LogP contribution in [0, 0.1) is 5.82 Å². The van der Waals surface area contributed by atoms with Gasteiger partial charge >= 0.3 is 0 Å². The number of ether oxygens (including phenoxy) is 1. The molecule has 2 heterocycles. The van der Waals surface area contributed by atoms with Crippen LogP contribution in [-0.4, -0.2) is 43.6 Å². The van der Waals surface area contributed by atoms with Gasteiger partial charge in [-0.2, -0.15) is 0 Å². The molecule has 136 valence electrons. The Kier molecular flexibility index (Phi) is 6.04. The van der Waals surface area contributed by atoms with Crippen LogP contribution in [0.25, 0.3) is 10.1 Å². The number of methoxy groups -OCH3 is 1. The molecule has 1 aliphatic heterocycles. The second-order valence-electron chi connectivity index (χ2n) is 6.44. The van der Waals surface area contributed by atoms with E-state index in [9.17, 15) is 9.18 Å². The van der Waals surface area contributed by atoms with Crippen molar-refractivity contribution in [2.45, 2.75) is 38.8 Å². The zero-order valence-electron chi connectivity index (χ0n) is 14.8. The molecule has 2 aromatic rings. The second kappa shape index (κ2) is 8.25. The number of piperidine rings is 1. The number of carbonyl (C=O) groups is 1. The zero-order valence-corrected chi connectivity index (χ0v) is 15.6. The Labute approximate surface area is 152 Å². The maximum Gasteiger partial charge on any atom is 0.264 e. The molecule has 0 spiro atoms. The maximum absolute atomic E-state index is 14.4. The number of nitrogens with one attached hydrogen (secondary N) is 1. The summed E-state index contributed by atoms with van der Waals surface area (Å²) in [5.41, 5.74) is 0.681. The van der Waals surface area contributed by atoms with Crippen LogP contribution in [0.5, 0.6) is 0 Å². The van der Waals surface area contributed by atoms with Crippen LogP contribution in [0.1, 0.15) is 41.4 Å². The zero-order chi connectivity index (χ0) is 17.8. The molecule has 0 atom stereocenters. The predicted octanol–water partition coefficient (Wildman–Crippen LogP) is 3.79. The van der Waals surface area contributed by atoms with E-state index in [4.69, 9.17) is 4.74 Å². The van der Waals surface area contributed by atoms with Crippen molar-refractivity contribution < 1.29 is 13.9 Å². The summed E-state index contributed by atoms with van der Waals surface area (Å²) in [6, 6.07) is 5.25. The molecular formula is C19H25FN2O2S. The first-order valence-electron chi connectivity index (χ1n) is 8.87. The molecule has 3 rings (SSSR count). The van der Waals surface area contributed by atoms with Gasteiger partial charge < -0.3 is 15.0 Å². The number of thiophene rings is 1. The minimum atomic E-state index is -0.288. The third-order valence-electron chi connectivity index (χ3n) is 4.72. The maximum atomic E-state index is 14.4. The minimum absolute atomic E-state index is 0.0152. The third kappa shape index (κ3) is 3.71. The molecule has 6 heteroatoms. The van der Waals surface area contributed by atoms with Gasteiger partial charge in [0.1, 0.15) is 5.82 Å². The van der Waals surface area contributed by atoms with E-state index in [2.05, 4.69) is 12.2 Å². The summed E-state index contributed by atoms with van der Waals surface area (Å²) >= 11 is 1.38. The molecule has 0 saturated carbocycles. The summed E-state index contributed by atoms with van der Waals surface area (Å²) in [6.07, 6.45) is 2.84. The van der Waals surface area contributed by atoms with Crippen LogP contribution in [0.15, 0.2) is 18.2 Å². The number of benzene rings is 1. The van der Waals surface area contributed by atoms with E-state index < -0.39 is 0 Å². The lowest BCUT2D eigenvalue weighted by Crippen LogP contribution is -2.46. The molecule has 0 aliphatic carbocycles. The second-order valence-corrected chi connectivity index (χ2v) is 7.49. The van der Waals surface area contributed by atoms with Gasteiger partial charge in [-0.25, -0.2) is 4.39 Å². The monoisotopic (exact) mass is 364 g/mol. The number of hydrogen-bond acceptors (Lipinski definition) is 4. The quantitative estimate of drug-likeness (QED) is 0.848. The largest absolute Gasteiger partial charge is 0.380 e. The summed E-state index contributed by atoms with van der Waals surface area (Å²) < 4.78 is 20.5. The molecule has 0 bridgehead atoms. The number of hydrogen-bond donors (Lipinski definition) is 1. The average Bonchev–Trinajstić information content (AvgIpc) is 3.00. The first kappa shape index (κ1) is 18.3. The number of fused-ring (bicyclic) bond motifs is 1. The molecule has 1 aliphatic rings. The van der Waals surface area contributed by atoms with Crippen LogP contribution in [0.3, 0.4) is 0 Å². The van der Waals surface area contributed by atoms with Gasteiger partial charge in [-0.3, -0.25) is 4.79 Å². The van der Waals surface area contributed by atoms with Gasteiger partial charge in [-0.1, -0.05) is 13.0 Å². The van der Waals surface area contributed by atoms with Crippen LogP contribution < -0.4 is 5.32 Å². The topological polar surface area (TPSA) is 41.6 Å². The van der Waals surface area contributed by atoms with E-state index in [1.165, 1.54) is 17.4 Å². The Morgan fingerprint density at radius 3 is 2.84 bits per heavy atom. The van der Waals surface area contributed by atoms with Gasteiger partial charge in [0.05, 0.1) is 11.5 Å². The molecule has 1 amide bonds. The van der Waals surface area contributed by atoms with Crippen molar-refractivity contribution >= 4 is 27.3 Å². The molecule has 1 N–H and O–H groups in total. The standard InChI is InChI=1S/C19H25FN2O2S/c1-3-11-22(13-7-9-21-10-8-13)19(23)18-14(12-24-2)17-15(20)5-4-6-16(17)25-18/h4-6,13,21H,3,7-12H2,1-2H3. The van der Waals surface area contributed by atoms with Crippen molar-refractivity contribution in [3.63, 3.8) is 0 Å². The molecule has 0 radical (unpaired) electrons. The number of halogens is 1. The number of rotatable bonds is 6. The molecule has 1 fully saturated rings. The van der Waals surface area contributed by atoms with Crippen LogP contribution >= 0.6 is 11.3 Å². The molecule has 4 nitrogen and oxygen atoms in total. The van der Waals surface area contributed by atoms with Crippen molar-refractivity contribution in [2.24, 2.45) is 0 Å². The third-order valence-corrected chi connectivity index (χ3v) is 5.91. The van der Waals surface area contributed by atoms with E-state index in [0.717, 1.165) is 43.6 Å². The molecule has 1 saturated heterocycles. The summed E-state index contributed by atoms with van der Waals surface area (Å²) in [5.74, 6) is -0.273. The van der Waals surface area contributed by atoms with Gasteiger partial charge in [-0.15, -0.1) is 11.3 Å². The fraction of sp³-hybridized carbons (Fsp3) is 0.526. The molecule has 25 heavy (non-hydrogen) atoms. The van der Waals surface area contributed by atoms with Gasteiger partial charge in [-0.05, 0) is 44.5 Å². The van der Waals surface area contributed by atoms with Crippen molar-refractivity contribution in [1.29, 1.82) is 0 Å². The highest BCUT2D eigenvalue weighted by molar-refractivity contribution is 7.21. The van der Waals surface area contributed by atoms with Crippen LogP contribution in [0.4, 0.5) is 4.39 Å². The first-order valence-corrected chi connectivity index (χ1v) is 9.69. The Morgan fingerprint density at radius 2 is 2.16 bits per heavy atom. The molecule has 0 unspecified atom stereocenters. The smallest absolute Gasteiger partial charge is 0.264 e. The van der Waals surface area contributed by atoms with Crippen molar-refractivity contribution in [3.05, 3.63) is 34.5 Å². The Morgan fingerprint density at radius 1 is 1.40 bits per heavy atom. The average molecular weight is 364 g/mol. The minimum Gasteiger partial charge on any atom is -0.380 e. The van der Waals surface area contributed by atoms with Gasteiger partial charge in [0.2, 0.25) is 0 Å².